The first kappa shape index (κ1) is 15.1. The van der Waals surface area contributed by atoms with E-state index in [-0.39, 0.29) is 18.1 Å². The Morgan fingerprint density at radius 2 is 1.71 bits per heavy atom. The van der Waals surface area contributed by atoms with Gasteiger partial charge < -0.3 is 19.3 Å². The van der Waals surface area contributed by atoms with E-state index in [0.29, 0.717) is 24.9 Å². The first-order chi connectivity index (χ1) is 9.99. The number of hydrogen-bond donors (Lipinski definition) is 1. The van der Waals surface area contributed by atoms with E-state index in [0.717, 1.165) is 15.8 Å². The van der Waals surface area contributed by atoms with Gasteiger partial charge in [-0.05, 0) is 37.5 Å². The molecule has 5 heteroatoms. The van der Waals surface area contributed by atoms with Gasteiger partial charge in [0, 0.05) is 10.4 Å². The van der Waals surface area contributed by atoms with E-state index in [1.54, 1.807) is 0 Å². The van der Waals surface area contributed by atoms with Crippen LogP contribution in [0.25, 0.3) is 0 Å². The Bertz CT molecular complexity index is 533. The molecule has 1 aromatic rings. The molecular formula is C16H21BrO4. The minimum absolute atomic E-state index is 0.0325. The summed E-state index contributed by atoms with van der Waals surface area (Å²) < 4.78 is 17.9. The molecule has 0 spiro atoms. The third kappa shape index (κ3) is 2.67. The van der Waals surface area contributed by atoms with Crippen molar-refractivity contribution < 1.29 is 19.3 Å². The molecule has 1 N–H and O–H groups in total. The molecule has 2 aliphatic rings. The van der Waals surface area contributed by atoms with Crippen LogP contribution in [0.2, 0.25) is 0 Å². The fraction of sp³-hybridized carbons (Fsp3) is 0.625. The van der Waals surface area contributed by atoms with Crippen LogP contribution in [0.3, 0.4) is 0 Å². The quantitative estimate of drug-likeness (QED) is 0.882. The number of halogens is 1. The molecule has 5 unspecified atom stereocenters. The number of aliphatic hydroxyl groups is 1. The highest BCUT2D eigenvalue weighted by Crippen LogP contribution is 2.45. The third-order valence-electron chi connectivity index (χ3n) is 4.66. The molecule has 2 aliphatic heterocycles. The van der Waals surface area contributed by atoms with Gasteiger partial charge in [-0.15, -0.1) is 0 Å². The van der Waals surface area contributed by atoms with Gasteiger partial charge in [0.2, 0.25) is 0 Å². The van der Waals surface area contributed by atoms with Crippen LogP contribution in [-0.4, -0.2) is 30.5 Å². The van der Waals surface area contributed by atoms with Crippen molar-refractivity contribution in [1.82, 2.24) is 0 Å². The summed E-state index contributed by atoms with van der Waals surface area (Å²) in [5.74, 6) is 1.79. The van der Waals surface area contributed by atoms with Crippen molar-refractivity contribution in [3.8, 4) is 11.5 Å². The van der Waals surface area contributed by atoms with Crippen molar-refractivity contribution in [2.24, 2.45) is 11.8 Å². The highest BCUT2D eigenvalue weighted by molar-refractivity contribution is 9.10. The van der Waals surface area contributed by atoms with Gasteiger partial charge in [-0.1, -0.05) is 22.9 Å². The Balaban J connectivity index is 1.92. The fourth-order valence-corrected chi connectivity index (χ4v) is 3.91. The topological polar surface area (TPSA) is 47.9 Å². The van der Waals surface area contributed by atoms with Gasteiger partial charge in [-0.2, -0.15) is 0 Å². The van der Waals surface area contributed by atoms with Gasteiger partial charge >= 0.3 is 0 Å². The van der Waals surface area contributed by atoms with Gasteiger partial charge in [0.15, 0.2) is 11.5 Å². The second-order valence-electron chi connectivity index (χ2n) is 5.95. The molecule has 0 saturated carbocycles. The smallest absolute Gasteiger partial charge is 0.162 e. The Labute approximate surface area is 133 Å². The number of hydrogen-bond acceptors (Lipinski definition) is 4. The van der Waals surface area contributed by atoms with E-state index >= 15 is 0 Å². The van der Waals surface area contributed by atoms with Crippen LogP contribution in [-0.2, 0) is 4.74 Å². The molecule has 1 saturated heterocycles. The average Bonchev–Trinajstić information content (AvgIpc) is 2.70. The maximum atomic E-state index is 10.9. The number of ether oxygens (including phenoxy) is 3. The zero-order chi connectivity index (χ0) is 15.1. The Morgan fingerprint density at radius 3 is 2.29 bits per heavy atom. The van der Waals surface area contributed by atoms with Gasteiger partial charge in [-0.25, -0.2) is 0 Å². The van der Waals surface area contributed by atoms with Crippen LogP contribution in [0, 0.1) is 11.8 Å². The SMILES string of the molecule is CC1OC(C)C(C(O)c2cc3c(cc2Br)OCCO3)C1C. The minimum Gasteiger partial charge on any atom is -0.486 e. The summed E-state index contributed by atoms with van der Waals surface area (Å²) in [6.07, 6.45) is -0.397. The lowest BCUT2D eigenvalue weighted by Crippen LogP contribution is -2.25. The predicted molar refractivity (Wildman–Crippen MR) is 82.8 cm³/mol. The zero-order valence-corrected chi connectivity index (χ0v) is 14.1. The molecule has 21 heavy (non-hydrogen) atoms. The lowest BCUT2D eigenvalue weighted by atomic mass is 9.82. The molecule has 0 radical (unpaired) electrons. The van der Waals surface area contributed by atoms with Crippen LogP contribution in [0.4, 0.5) is 0 Å². The van der Waals surface area contributed by atoms with Crippen LogP contribution >= 0.6 is 15.9 Å². The average molecular weight is 357 g/mol. The fourth-order valence-electron chi connectivity index (χ4n) is 3.35. The molecule has 0 bridgehead atoms. The lowest BCUT2D eigenvalue weighted by molar-refractivity contribution is 0.0227. The Hall–Kier alpha value is -0.780. The van der Waals surface area contributed by atoms with Crippen molar-refractivity contribution in [2.45, 2.75) is 39.1 Å². The standard InChI is InChI=1S/C16H21BrO4/c1-8-9(2)21-10(3)15(8)16(18)11-6-13-14(7-12(11)17)20-5-4-19-13/h6-10,15-16,18H,4-5H2,1-3H3. The third-order valence-corrected chi connectivity index (χ3v) is 5.35. The van der Waals surface area contributed by atoms with Crippen molar-refractivity contribution in [2.75, 3.05) is 13.2 Å². The number of rotatable bonds is 2. The normalized spacial score (nSPS) is 33.0. The maximum absolute atomic E-state index is 10.9. The van der Waals surface area contributed by atoms with E-state index in [9.17, 15) is 5.11 Å². The lowest BCUT2D eigenvalue weighted by Gasteiger charge is -2.27. The van der Waals surface area contributed by atoms with Gasteiger partial charge in [-0.3, -0.25) is 0 Å². The van der Waals surface area contributed by atoms with Gasteiger partial charge in [0.25, 0.3) is 0 Å². The molecule has 116 valence electrons. The zero-order valence-electron chi connectivity index (χ0n) is 12.5. The summed E-state index contributed by atoms with van der Waals surface area (Å²) >= 11 is 3.54. The molecule has 3 rings (SSSR count). The Kier molecular flexibility index (Phi) is 4.17. The summed E-state index contributed by atoms with van der Waals surface area (Å²) in [5, 5.41) is 10.9. The molecule has 1 aromatic carbocycles. The summed E-state index contributed by atoms with van der Waals surface area (Å²) in [6.45, 7) is 7.32. The number of aliphatic hydroxyl groups excluding tert-OH is 1. The molecule has 1 fully saturated rings. The molecule has 5 atom stereocenters. The molecular weight excluding hydrogens is 336 g/mol. The van der Waals surface area contributed by atoms with Gasteiger partial charge in [0.1, 0.15) is 13.2 Å². The first-order valence-electron chi connectivity index (χ1n) is 7.41. The monoisotopic (exact) mass is 356 g/mol. The van der Waals surface area contributed by atoms with Crippen molar-refractivity contribution in [3.63, 3.8) is 0 Å². The number of benzene rings is 1. The second-order valence-corrected chi connectivity index (χ2v) is 6.80. The predicted octanol–water partition coefficient (Wildman–Crippen LogP) is 3.31. The van der Waals surface area contributed by atoms with Crippen LogP contribution in [0.1, 0.15) is 32.4 Å². The minimum atomic E-state index is -0.592. The summed E-state index contributed by atoms with van der Waals surface area (Å²) in [6, 6.07) is 3.76. The van der Waals surface area contributed by atoms with E-state index in [1.165, 1.54) is 0 Å². The Morgan fingerprint density at radius 1 is 1.10 bits per heavy atom. The largest absolute Gasteiger partial charge is 0.486 e. The molecule has 0 amide bonds. The highest BCUT2D eigenvalue weighted by atomic mass is 79.9. The highest BCUT2D eigenvalue weighted by Gasteiger charge is 2.42. The molecule has 0 aliphatic carbocycles. The van der Waals surface area contributed by atoms with E-state index in [2.05, 4.69) is 29.8 Å². The molecule has 2 heterocycles. The van der Waals surface area contributed by atoms with Crippen molar-refractivity contribution >= 4 is 15.9 Å². The summed E-state index contributed by atoms with van der Waals surface area (Å²) in [4.78, 5) is 0. The summed E-state index contributed by atoms with van der Waals surface area (Å²) in [7, 11) is 0. The molecule has 0 aromatic heterocycles. The summed E-state index contributed by atoms with van der Waals surface area (Å²) in [5.41, 5.74) is 0.834. The van der Waals surface area contributed by atoms with E-state index in [4.69, 9.17) is 14.2 Å². The number of fused-ring (bicyclic) bond motifs is 1. The van der Waals surface area contributed by atoms with Gasteiger partial charge in [0.05, 0.1) is 18.3 Å². The first-order valence-corrected chi connectivity index (χ1v) is 8.21. The van der Waals surface area contributed by atoms with E-state index in [1.807, 2.05) is 19.1 Å². The molecule has 4 nitrogen and oxygen atoms in total. The maximum Gasteiger partial charge on any atom is 0.162 e. The van der Waals surface area contributed by atoms with E-state index < -0.39 is 6.10 Å². The van der Waals surface area contributed by atoms with Crippen molar-refractivity contribution in [1.29, 1.82) is 0 Å². The van der Waals surface area contributed by atoms with Crippen LogP contribution in [0.5, 0.6) is 11.5 Å². The van der Waals surface area contributed by atoms with Crippen molar-refractivity contribution in [3.05, 3.63) is 22.2 Å². The van der Waals surface area contributed by atoms with Crippen LogP contribution < -0.4 is 9.47 Å². The van der Waals surface area contributed by atoms with Crippen LogP contribution in [0.15, 0.2) is 16.6 Å². The second kappa shape index (κ2) is 5.78.